The van der Waals surface area contributed by atoms with Crippen molar-refractivity contribution in [3.63, 3.8) is 0 Å². The van der Waals surface area contributed by atoms with Gasteiger partial charge in [0.25, 0.3) is 5.91 Å². The quantitative estimate of drug-likeness (QED) is 0.562. The van der Waals surface area contributed by atoms with Crippen LogP contribution in [0.3, 0.4) is 0 Å². The summed E-state index contributed by atoms with van der Waals surface area (Å²) in [7, 11) is 0. The van der Waals surface area contributed by atoms with Gasteiger partial charge in [-0.3, -0.25) is 9.59 Å². The molecule has 0 atom stereocenters. The molecule has 0 saturated carbocycles. The number of esters is 1. The van der Waals surface area contributed by atoms with Crippen LogP contribution < -0.4 is 5.32 Å². The molecular formula is C20H24N2O3S. The molecular weight excluding hydrogens is 348 g/mol. The number of pyridine rings is 1. The molecule has 1 aromatic carbocycles. The van der Waals surface area contributed by atoms with Crippen molar-refractivity contribution in [1.82, 2.24) is 10.3 Å². The van der Waals surface area contributed by atoms with E-state index in [-0.39, 0.29) is 11.9 Å². The van der Waals surface area contributed by atoms with E-state index in [1.54, 1.807) is 25.3 Å². The third-order valence-corrected chi connectivity index (χ3v) is 4.90. The average molecular weight is 372 g/mol. The molecule has 1 aromatic heterocycles. The number of carbonyl (C=O) groups excluding carboxylic acids is 2. The number of hydrogen-bond acceptors (Lipinski definition) is 5. The number of nitrogens with one attached hydrogen (secondary N) is 1. The van der Waals surface area contributed by atoms with Gasteiger partial charge >= 0.3 is 5.97 Å². The molecule has 6 heteroatoms. The van der Waals surface area contributed by atoms with Gasteiger partial charge in [0, 0.05) is 24.1 Å². The Morgan fingerprint density at radius 3 is 2.77 bits per heavy atom. The average Bonchev–Trinajstić information content (AvgIpc) is 2.61. The van der Waals surface area contributed by atoms with Crippen molar-refractivity contribution in [2.24, 2.45) is 0 Å². The van der Waals surface area contributed by atoms with Gasteiger partial charge in [-0.2, -0.15) is 0 Å². The molecule has 0 aliphatic carbocycles. The third kappa shape index (κ3) is 5.88. The molecule has 1 N–H and O–H groups in total. The Labute approximate surface area is 158 Å². The summed E-state index contributed by atoms with van der Waals surface area (Å²) in [5.74, 6) is -0.427. The first-order valence-corrected chi connectivity index (χ1v) is 9.47. The lowest BCUT2D eigenvalue weighted by Crippen LogP contribution is -2.25. The molecule has 0 bridgehead atoms. The van der Waals surface area contributed by atoms with E-state index in [1.165, 1.54) is 17.3 Å². The first-order valence-electron chi connectivity index (χ1n) is 8.65. The smallest absolute Gasteiger partial charge is 0.305 e. The van der Waals surface area contributed by atoms with Crippen LogP contribution >= 0.6 is 11.8 Å². The summed E-state index contributed by atoms with van der Waals surface area (Å²) in [5, 5.41) is 3.52. The van der Waals surface area contributed by atoms with Crippen molar-refractivity contribution >= 4 is 23.6 Å². The number of nitrogens with zero attached hydrogens (tertiary/aromatic N) is 1. The van der Waals surface area contributed by atoms with Gasteiger partial charge < -0.3 is 10.1 Å². The van der Waals surface area contributed by atoms with Gasteiger partial charge in [-0.1, -0.05) is 29.5 Å². The van der Waals surface area contributed by atoms with Crippen LogP contribution in [0.4, 0.5) is 0 Å². The predicted molar refractivity (Wildman–Crippen MR) is 102 cm³/mol. The second-order valence-corrected chi connectivity index (χ2v) is 6.92. The first-order chi connectivity index (χ1) is 12.5. The highest BCUT2D eigenvalue weighted by molar-refractivity contribution is 7.99. The zero-order valence-electron chi connectivity index (χ0n) is 15.4. The van der Waals surface area contributed by atoms with E-state index < -0.39 is 0 Å². The van der Waals surface area contributed by atoms with E-state index in [0.717, 1.165) is 10.5 Å². The van der Waals surface area contributed by atoms with E-state index in [4.69, 9.17) is 4.74 Å². The molecule has 0 fully saturated rings. The maximum Gasteiger partial charge on any atom is 0.305 e. The highest BCUT2D eigenvalue weighted by Crippen LogP contribution is 2.31. The maximum absolute atomic E-state index is 12.5. The number of ether oxygens (including phenoxy) is 1. The van der Waals surface area contributed by atoms with Gasteiger partial charge in [-0.25, -0.2) is 4.98 Å². The van der Waals surface area contributed by atoms with Crippen LogP contribution in [-0.2, 0) is 9.53 Å². The topological polar surface area (TPSA) is 68.3 Å². The third-order valence-electron chi connectivity index (χ3n) is 3.70. The Hall–Kier alpha value is -2.34. The minimum absolute atomic E-state index is 0.186. The van der Waals surface area contributed by atoms with Crippen LogP contribution in [-0.4, -0.2) is 30.0 Å². The lowest BCUT2D eigenvalue weighted by Gasteiger charge is -2.10. The van der Waals surface area contributed by atoms with Crippen LogP contribution in [0.5, 0.6) is 0 Å². The monoisotopic (exact) mass is 372 g/mol. The molecule has 0 unspecified atom stereocenters. The van der Waals surface area contributed by atoms with Crippen LogP contribution in [0, 0.1) is 13.8 Å². The van der Waals surface area contributed by atoms with Crippen LogP contribution in [0.2, 0.25) is 0 Å². The van der Waals surface area contributed by atoms with Crippen molar-refractivity contribution in [1.29, 1.82) is 0 Å². The van der Waals surface area contributed by atoms with Gasteiger partial charge in [-0.15, -0.1) is 0 Å². The molecule has 0 spiro atoms. The van der Waals surface area contributed by atoms with E-state index in [2.05, 4.69) is 23.3 Å². The van der Waals surface area contributed by atoms with Gasteiger partial charge in [0.1, 0.15) is 5.03 Å². The number of rotatable bonds is 8. The number of aromatic nitrogens is 1. The molecule has 5 nitrogen and oxygen atoms in total. The number of carbonyl (C=O) groups is 2. The van der Waals surface area contributed by atoms with Crippen LogP contribution in [0.15, 0.2) is 46.5 Å². The molecule has 26 heavy (non-hydrogen) atoms. The second kappa shape index (κ2) is 9.97. The van der Waals surface area contributed by atoms with Crippen molar-refractivity contribution in [3.8, 4) is 0 Å². The normalized spacial score (nSPS) is 10.4. The molecule has 138 valence electrons. The molecule has 0 saturated heterocycles. The van der Waals surface area contributed by atoms with E-state index in [0.29, 0.717) is 36.6 Å². The van der Waals surface area contributed by atoms with E-state index >= 15 is 0 Å². The molecule has 2 rings (SSSR count). The summed E-state index contributed by atoms with van der Waals surface area (Å²) in [4.78, 5) is 29.2. The van der Waals surface area contributed by atoms with E-state index in [1.807, 2.05) is 19.1 Å². The summed E-state index contributed by atoms with van der Waals surface area (Å²) in [5.41, 5.74) is 2.89. The molecule has 1 heterocycles. The van der Waals surface area contributed by atoms with Crippen LogP contribution in [0.1, 0.15) is 41.3 Å². The SMILES string of the molecule is CCOC(=O)CCCNC(=O)c1cccnc1Sc1ccc(C)cc1C. The fourth-order valence-electron chi connectivity index (χ4n) is 2.43. The second-order valence-electron chi connectivity index (χ2n) is 5.89. The Morgan fingerprint density at radius 2 is 2.04 bits per heavy atom. The number of benzene rings is 1. The maximum atomic E-state index is 12.5. The Bertz CT molecular complexity index is 777. The highest BCUT2D eigenvalue weighted by Gasteiger charge is 2.14. The molecule has 2 aromatic rings. The summed E-state index contributed by atoms with van der Waals surface area (Å²) in [6.45, 7) is 6.67. The van der Waals surface area contributed by atoms with Gasteiger partial charge in [0.2, 0.25) is 0 Å². The van der Waals surface area contributed by atoms with E-state index in [9.17, 15) is 9.59 Å². The summed E-state index contributed by atoms with van der Waals surface area (Å²) in [6, 6.07) is 9.72. The minimum Gasteiger partial charge on any atom is -0.466 e. The van der Waals surface area contributed by atoms with Crippen molar-refractivity contribution in [3.05, 3.63) is 53.2 Å². The predicted octanol–water partition coefficient (Wildman–Crippen LogP) is 3.92. The number of amides is 1. The zero-order chi connectivity index (χ0) is 18.9. The fourth-order valence-corrected chi connectivity index (χ4v) is 3.37. The van der Waals surface area contributed by atoms with Crippen molar-refractivity contribution < 1.29 is 14.3 Å². The van der Waals surface area contributed by atoms with Crippen LogP contribution in [0.25, 0.3) is 0 Å². The lowest BCUT2D eigenvalue weighted by atomic mass is 10.2. The van der Waals surface area contributed by atoms with Crippen molar-refractivity contribution in [2.75, 3.05) is 13.2 Å². The zero-order valence-corrected chi connectivity index (χ0v) is 16.2. The first kappa shape index (κ1) is 20.0. The fraction of sp³-hybridized carbons (Fsp3) is 0.350. The molecule has 0 aliphatic heterocycles. The largest absolute Gasteiger partial charge is 0.466 e. The summed E-state index contributed by atoms with van der Waals surface area (Å²) >= 11 is 1.48. The Kier molecular flexibility index (Phi) is 7.66. The summed E-state index contributed by atoms with van der Waals surface area (Å²) < 4.78 is 4.87. The lowest BCUT2D eigenvalue weighted by molar-refractivity contribution is -0.143. The number of aryl methyl sites for hydroxylation is 2. The van der Waals surface area contributed by atoms with Crippen molar-refractivity contribution in [2.45, 2.75) is 43.5 Å². The number of hydrogen-bond donors (Lipinski definition) is 1. The van der Waals surface area contributed by atoms with Gasteiger partial charge in [0.05, 0.1) is 12.2 Å². The standard InChI is InChI=1S/C20H24N2O3S/c1-4-25-18(23)8-6-11-21-19(24)16-7-5-12-22-20(16)26-17-10-9-14(2)13-15(17)3/h5,7,9-10,12-13H,4,6,8,11H2,1-3H3,(H,21,24). The molecule has 0 radical (unpaired) electrons. The Morgan fingerprint density at radius 1 is 1.23 bits per heavy atom. The summed E-state index contributed by atoms with van der Waals surface area (Å²) in [6.07, 6.45) is 2.53. The Balaban J connectivity index is 1.99. The highest BCUT2D eigenvalue weighted by atomic mass is 32.2. The van der Waals surface area contributed by atoms with Gasteiger partial charge in [0.15, 0.2) is 0 Å². The molecule has 0 aliphatic rings. The minimum atomic E-state index is -0.241. The van der Waals surface area contributed by atoms with Gasteiger partial charge in [-0.05, 0) is 51.0 Å². The molecule has 1 amide bonds.